The number of amides is 2. The van der Waals surface area contributed by atoms with Gasteiger partial charge in [0, 0.05) is 36.0 Å². The van der Waals surface area contributed by atoms with Crippen LogP contribution in [-0.4, -0.2) is 41.0 Å². The Morgan fingerprint density at radius 1 is 1.22 bits per heavy atom. The molecule has 3 N–H and O–H groups in total. The maximum absolute atomic E-state index is 12.8. The van der Waals surface area contributed by atoms with Crippen LogP contribution in [0, 0.1) is 11.8 Å². The number of ketones is 2. The Morgan fingerprint density at radius 3 is 2.70 bits per heavy atom. The fourth-order valence-electron chi connectivity index (χ4n) is 3.43. The number of hydrogen-bond donors (Lipinski definition) is 3. The van der Waals surface area contributed by atoms with Crippen molar-refractivity contribution in [2.45, 2.75) is 32.7 Å². The Hall–Kier alpha value is -2.96. The molecule has 142 valence electrons. The molecule has 1 saturated heterocycles. The smallest absolute Gasteiger partial charge is 0.287 e. The zero-order valence-corrected chi connectivity index (χ0v) is 15.4. The first-order valence-corrected chi connectivity index (χ1v) is 9.10. The van der Waals surface area contributed by atoms with Crippen molar-refractivity contribution in [2.24, 2.45) is 11.8 Å². The minimum absolute atomic E-state index is 0.0384. The number of aromatic amines is 1. The molecule has 2 amide bonds. The Morgan fingerprint density at radius 2 is 1.96 bits per heavy atom. The number of piperidine rings is 1. The lowest BCUT2D eigenvalue weighted by Gasteiger charge is -2.25. The molecule has 1 fully saturated rings. The second-order valence-corrected chi connectivity index (χ2v) is 7.22. The number of rotatable bonds is 6. The van der Waals surface area contributed by atoms with Crippen LogP contribution in [0.4, 0.5) is 0 Å². The van der Waals surface area contributed by atoms with Crippen LogP contribution in [0.1, 0.15) is 37.0 Å². The zero-order valence-electron chi connectivity index (χ0n) is 15.4. The summed E-state index contributed by atoms with van der Waals surface area (Å²) in [5.41, 5.74) is 1.31. The summed E-state index contributed by atoms with van der Waals surface area (Å²) in [5.74, 6) is -2.52. The van der Waals surface area contributed by atoms with Crippen molar-refractivity contribution in [2.75, 3.05) is 6.54 Å². The molecule has 1 aliphatic heterocycles. The minimum Gasteiger partial charge on any atom is -0.360 e. The molecule has 0 spiro atoms. The van der Waals surface area contributed by atoms with Gasteiger partial charge in [-0.15, -0.1) is 0 Å². The van der Waals surface area contributed by atoms with Crippen molar-refractivity contribution in [3.8, 4) is 0 Å². The van der Waals surface area contributed by atoms with Crippen LogP contribution in [0.3, 0.4) is 0 Å². The second kappa shape index (κ2) is 7.73. The number of Topliss-reactive ketones (excluding diaryl/α,β-unsaturated/α-hetero) is 2. The van der Waals surface area contributed by atoms with E-state index in [1.54, 1.807) is 6.20 Å². The Balaban J connectivity index is 1.73. The van der Waals surface area contributed by atoms with E-state index in [9.17, 15) is 19.2 Å². The largest absolute Gasteiger partial charge is 0.360 e. The number of hydrogen-bond acceptors (Lipinski definition) is 4. The number of H-pyrrole nitrogens is 1. The highest BCUT2D eigenvalue weighted by atomic mass is 16.2. The maximum Gasteiger partial charge on any atom is 0.287 e. The third-order valence-corrected chi connectivity index (χ3v) is 4.95. The van der Waals surface area contributed by atoms with E-state index >= 15 is 0 Å². The van der Waals surface area contributed by atoms with Gasteiger partial charge in [0.1, 0.15) is 0 Å². The van der Waals surface area contributed by atoms with Crippen LogP contribution in [0.5, 0.6) is 0 Å². The molecular formula is C20H23N3O4. The van der Waals surface area contributed by atoms with E-state index in [0.29, 0.717) is 18.5 Å². The highest BCUT2D eigenvalue weighted by molar-refractivity contribution is 6.37. The fraction of sp³-hybridized carbons (Fsp3) is 0.400. The molecular weight excluding hydrogens is 346 g/mol. The number of carbonyl (C=O) groups is 4. The van der Waals surface area contributed by atoms with Crippen molar-refractivity contribution >= 4 is 34.3 Å². The van der Waals surface area contributed by atoms with Gasteiger partial charge in [0.05, 0.1) is 11.6 Å². The SMILES string of the molecule is CC(C)C(NC(=O)c1c[nH]c2ccccc12)C(=O)CC1CCNC(=O)C1=O. The topological polar surface area (TPSA) is 108 Å². The van der Waals surface area contributed by atoms with E-state index in [2.05, 4.69) is 15.6 Å². The van der Waals surface area contributed by atoms with Crippen molar-refractivity contribution < 1.29 is 19.2 Å². The molecule has 1 aromatic carbocycles. The lowest BCUT2D eigenvalue weighted by Crippen LogP contribution is -2.48. The third kappa shape index (κ3) is 3.92. The monoisotopic (exact) mass is 369 g/mol. The van der Waals surface area contributed by atoms with E-state index in [1.165, 1.54) is 0 Å². The number of benzene rings is 1. The van der Waals surface area contributed by atoms with Crippen molar-refractivity contribution in [3.05, 3.63) is 36.0 Å². The average molecular weight is 369 g/mol. The highest BCUT2D eigenvalue weighted by Crippen LogP contribution is 2.20. The summed E-state index contributed by atoms with van der Waals surface area (Å²) in [6.07, 6.45) is 2.03. The van der Waals surface area contributed by atoms with Gasteiger partial charge in [0.2, 0.25) is 5.78 Å². The van der Waals surface area contributed by atoms with Crippen LogP contribution in [0.2, 0.25) is 0 Å². The third-order valence-electron chi connectivity index (χ3n) is 4.95. The molecule has 2 heterocycles. The van der Waals surface area contributed by atoms with Gasteiger partial charge in [-0.25, -0.2) is 0 Å². The van der Waals surface area contributed by atoms with E-state index in [0.717, 1.165) is 10.9 Å². The molecule has 3 rings (SSSR count). The zero-order chi connectivity index (χ0) is 19.6. The van der Waals surface area contributed by atoms with Gasteiger partial charge >= 0.3 is 0 Å². The van der Waals surface area contributed by atoms with Gasteiger partial charge < -0.3 is 15.6 Å². The van der Waals surface area contributed by atoms with Crippen molar-refractivity contribution in [3.63, 3.8) is 0 Å². The highest BCUT2D eigenvalue weighted by Gasteiger charge is 2.34. The summed E-state index contributed by atoms with van der Waals surface area (Å²) in [6, 6.07) is 6.71. The Bertz CT molecular complexity index is 900. The first-order valence-electron chi connectivity index (χ1n) is 9.10. The number of para-hydroxylation sites is 1. The van der Waals surface area contributed by atoms with Gasteiger partial charge in [0.25, 0.3) is 11.8 Å². The quantitative estimate of drug-likeness (QED) is 0.672. The second-order valence-electron chi connectivity index (χ2n) is 7.22. The molecule has 0 aliphatic carbocycles. The predicted molar refractivity (Wildman–Crippen MR) is 100 cm³/mol. The van der Waals surface area contributed by atoms with Crippen LogP contribution in [-0.2, 0) is 14.4 Å². The molecule has 1 aromatic heterocycles. The molecule has 0 bridgehead atoms. The number of aromatic nitrogens is 1. The van der Waals surface area contributed by atoms with Gasteiger partial charge in [0.15, 0.2) is 5.78 Å². The van der Waals surface area contributed by atoms with Crippen molar-refractivity contribution in [1.29, 1.82) is 0 Å². The summed E-state index contributed by atoms with van der Waals surface area (Å²) in [4.78, 5) is 52.0. The standard InChI is InChI=1S/C20H23N3O4/c1-11(2)17(16(24)9-12-7-8-21-20(27)18(12)25)23-19(26)14-10-22-15-6-4-3-5-13(14)15/h3-6,10-12,17,22H,7-9H2,1-2H3,(H,21,27)(H,23,26). The lowest BCUT2D eigenvalue weighted by atomic mass is 9.86. The molecule has 2 unspecified atom stereocenters. The van der Waals surface area contributed by atoms with E-state index < -0.39 is 23.7 Å². The van der Waals surface area contributed by atoms with E-state index in [-0.39, 0.29) is 24.0 Å². The summed E-state index contributed by atoms with van der Waals surface area (Å²) in [7, 11) is 0. The first-order chi connectivity index (χ1) is 12.9. The maximum atomic E-state index is 12.8. The molecule has 2 aromatic rings. The molecule has 0 saturated carbocycles. The summed E-state index contributed by atoms with van der Waals surface area (Å²) >= 11 is 0. The van der Waals surface area contributed by atoms with E-state index in [4.69, 9.17) is 0 Å². The van der Waals surface area contributed by atoms with Crippen LogP contribution < -0.4 is 10.6 Å². The normalized spacial score (nSPS) is 18.4. The molecule has 0 radical (unpaired) electrons. The first kappa shape index (κ1) is 18.8. The molecule has 1 aliphatic rings. The summed E-state index contributed by atoms with van der Waals surface area (Å²) in [6.45, 7) is 4.07. The van der Waals surface area contributed by atoms with E-state index in [1.807, 2.05) is 38.1 Å². The van der Waals surface area contributed by atoms with Gasteiger partial charge in [-0.2, -0.15) is 0 Å². The predicted octanol–water partition coefficient (Wildman–Crippen LogP) is 1.59. The Labute approximate surface area is 156 Å². The number of fused-ring (bicyclic) bond motifs is 1. The Kier molecular flexibility index (Phi) is 5.39. The van der Waals surface area contributed by atoms with Crippen LogP contribution in [0.15, 0.2) is 30.5 Å². The molecule has 27 heavy (non-hydrogen) atoms. The summed E-state index contributed by atoms with van der Waals surface area (Å²) in [5, 5.41) is 6.07. The molecule has 7 nitrogen and oxygen atoms in total. The number of nitrogens with one attached hydrogen (secondary N) is 3. The fourth-order valence-corrected chi connectivity index (χ4v) is 3.43. The lowest BCUT2D eigenvalue weighted by molar-refractivity contribution is -0.143. The van der Waals surface area contributed by atoms with Crippen molar-refractivity contribution in [1.82, 2.24) is 15.6 Å². The van der Waals surface area contributed by atoms with Crippen LogP contribution in [0.25, 0.3) is 10.9 Å². The molecule has 2 atom stereocenters. The van der Waals surface area contributed by atoms with Gasteiger partial charge in [-0.3, -0.25) is 19.2 Å². The summed E-state index contributed by atoms with van der Waals surface area (Å²) < 4.78 is 0. The van der Waals surface area contributed by atoms with Crippen LogP contribution >= 0.6 is 0 Å². The number of carbonyl (C=O) groups excluding carboxylic acids is 4. The van der Waals surface area contributed by atoms with Gasteiger partial charge in [-0.1, -0.05) is 32.0 Å². The minimum atomic E-state index is -0.719. The van der Waals surface area contributed by atoms with Gasteiger partial charge in [-0.05, 0) is 18.4 Å². The molecule has 7 heteroatoms. The average Bonchev–Trinajstić information content (AvgIpc) is 3.07.